The maximum atomic E-state index is 15.3. The predicted octanol–water partition coefficient (Wildman–Crippen LogP) is 3.26. The Morgan fingerprint density at radius 1 is 1.09 bits per heavy atom. The van der Waals surface area contributed by atoms with Gasteiger partial charge >= 0.3 is 5.97 Å². The molecule has 0 spiro atoms. The van der Waals surface area contributed by atoms with Gasteiger partial charge in [0, 0.05) is 68.3 Å². The molecule has 0 saturated carbocycles. The van der Waals surface area contributed by atoms with Gasteiger partial charge in [-0.2, -0.15) is 0 Å². The zero-order valence-electron chi connectivity index (χ0n) is 26.1. The molecule has 3 aromatic heterocycles. The summed E-state index contributed by atoms with van der Waals surface area (Å²) < 4.78 is 69.4. The van der Waals surface area contributed by atoms with Crippen LogP contribution in [0.4, 0.5) is 21.9 Å². The molecule has 17 heteroatoms. The van der Waals surface area contributed by atoms with E-state index in [2.05, 4.69) is 14.9 Å². The lowest BCUT2D eigenvalue weighted by Gasteiger charge is -2.32. The second kappa shape index (κ2) is 13.5. The van der Waals surface area contributed by atoms with Crippen LogP contribution in [0.2, 0.25) is 0 Å². The fourth-order valence-electron chi connectivity index (χ4n) is 5.48. The number of nitrogens with one attached hydrogen (secondary N) is 1. The number of nitrogens with zero attached hydrogens (tertiary/aromatic N) is 6. The largest absolute Gasteiger partial charge is 0.488 e. The van der Waals surface area contributed by atoms with Crippen LogP contribution in [-0.4, -0.2) is 100.0 Å². The Bertz CT molecular complexity index is 1880. The van der Waals surface area contributed by atoms with Crippen LogP contribution in [0.15, 0.2) is 35.0 Å². The minimum Gasteiger partial charge on any atom is -0.488 e. The van der Waals surface area contributed by atoms with Gasteiger partial charge in [-0.25, -0.2) is 32.6 Å². The van der Waals surface area contributed by atoms with Crippen molar-refractivity contribution < 1.29 is 41.1 Å². The number of carbonyl (C=O) groups excluding carboxylic acids is 1. The molecule has 47 heavy (non-hydrogen) atoms. The highest BCUT2D eigenvalue weighted by molar-refractivity contribution is 7.92. The first-order valence-electron chi connectivity index (χ1n) is 15.0. The molecule has 6 rings (SSSR count). The first-order chi connectivity index (χ1) is 22.6. The van der Waals surface area contributed by atoms with Gasteiger partial charge in [-0.3, -0.25) is 4.72 Å². The highest BCUT2D eigenvalue weighted by Crippen LogP contribution is 2.37. The zero-order chi connectivity index (χ0) is 33.1. The number of halogens is 1. The third-order valence-corrected chi connectivity index (χ3v) is 8.25. The SMILES string of the molecule is CCOC(=O)c1cc(N2CCC(Oc3cc(F)cc4c(-c5cnc(OC)c(NS(C)(=O)=O)c5)nc(N5CCOCC5)nc34)CC2)on1. The summed E-state index contributed by atoms with van der Waals surface area (Å²) in [6, 6.07) is 5.72. The van der Waals surface area contributed by atoms with Crippen LogP contribution < -0.4 is 24.0 Å². The van der Waals surface area contributed by atoms with Crippen molar-refractivity contribution in [2.24, 2.45) is 0 Å². The van der Waals surface area contributed by atoms with Crippen molar-refractivity contribution in [2.45, 2.75) is 25.9 Å². The molecule has 0 atom stereocenters. The first kappa shape index (κ1) is 32.2. The number of morpholine rings is 1. The van der Waals surface area contributed by atoms with E-state index in [-0.39, 0.29) is 35.7 Å². The van der Waals surface area contributed by atoms with E-state index in [1.165, 1.54) is 31.5 Å². The van der Waals surface area contributed by atoms with Gasteiger partial charge in [0.2, 0.25) is 27.7 Å². The molecule has 1 aromatic carbocycles. The summed E-state index contributed by atoms with van der Waals surface area (Å²) in [4.78, 5) is 29.9. The number of benzene rings is 1. The molecule has 0 bridgehead atoms. The maximum Gasteiger partial charge on any atom is 0.360 e. The molecule has 0 aliphatic carbocycles. The van der Waals surface area contributed by atoms with Gasteiger partial charge in [-0.1, -0.05) is 5.16 Å². The number of pyridine rings is 1. The fraction of sp³-hybridized carbons (Fsp3) is 0.433. The molecule has 0 amide bonds. The van der Waals surface area contributed by atoms with Gasteiger partial charge in [0.25, 0.3) is 0 Å². The maximum absolute atomic E-state index is 15.3. The molecular weight excluding hydrogens is 637 g/mol. The van der Waals surface area contributed by atoms with Crippen LogP contribution in [0.25, 0.3) is 22.2 Å². The number of anilines is 3. The van der Waals surface area contributed by atoms with E-state index in [4.69, 9.17) is 33.4 Å². The zero-order valence-corrected chi connectivity index (χ0v) is 26.9. The number of rotatable bonds is 10. The van der Waals surface area contributed by atoms with E-state index in [1.807, 2.05) is 9.80 Å². The highest BCUT2D eigenvalue weighted by Gasteiger charge is 2.27. The number of carbonyl (C=O) groups is 1. The standard InChI is InChI=1S/C30H34FN7O8S/c1-4-44-29(39)23-16-25(46-35-23)37-7-5-20(6-8-37)45-24-15-19(31)14-21-26(33-30(34-27(21)24)38-9-11-43-12-10-38)18-13-22(36-47(3,40)41)28(42-2)32-17-18/h13-17,20,36H,4-12H2,1-3H3. The summed E-state index contributed by atoms with van der Waals surface area (Å²) in [5, 5.41) is 4.18. The topological polar surface area (TPSA) is 171 Å². The van der Waals surface area contributed by atoms with E-state index in [0.717, 1.165) is 6.26 Å². The Morgan fingerprint density at radius 3 is 2.55 bits per heavy atom. The van der Waals surface area contributed by atoms with Crippen LogP contribution >= 0.6 is 0 Å². The molecule has 2 saturated heterocycles. The lowest BCUT2D eigenvalue weighted by atomic mass is 10.1. The number of sulfonamides is 1. The molecule has 1 N–H and O–H groups in total. The number of hydrogen-bond acceptors (Lipinski definition) is 14. The molecular formula is C30H34FN7O8S. The van der Waals surface area contributed by atoms with Crippen molar-refractivity contribution in [1.29, 1.82) is 0 Å². The minimum atomic E-state index is -3.67. The summed E-state index contributed by atoms with van der Waals surface area (Å²) in [5.74, 6) is 0.0425. The molecule has 0 unspecified atom stereocenters. The molecule has 4 aromatic rings. The summed E-state index contributed by atoms with van der Waals surface area (Å²) in [6.45, 7) is 5.10. The van der Waals surface area contributed by atoms with E-state index in [0.29, 0.717) is 86.2 Å². The Labute approximate surface area is 270 Å². The van der Waals surface area contributed by atoms with E-state index < -0.39 is 21.8 Å². The average molecular weight is 672 g/mol. The van der Waals surface area contributed by atoms with Gasteiger partial charge < -0.3 is 33.3 Å². The number of fused-ring (bicyclic) bond motifs is 1. The Balaban J connectivity index is 1.33. The van der Waals surface area contributed by atoms with Gasteiger partial charge in [-0.15, -0.1) is 0 Å². The molecule has 15 nitrogen and oxygen atoms in total. The second-order valence-corrected chi connectivity index (χ2v) is 12.8. The average Bonchev–Trinajstić information content (AvgIpc) is 3.55. The molecule has 0 radical (unpaired) electrons. The van der Waals surface area contributed by atoms with Gasteiger partial charge in [0.05, 0.1) is 38.9 Å². The quantitative estimate of drug-likeness (QED) is 0.244. The van der Waals surface area contributed by atoms with Crippen LogP contribution in [0, 0.1) is 5.82 Å². The number of esters is 1. The summed E-state index contributed by atoms with van der Waals surface area (Å²) in [5.41, 5.74) is 1.35. The highest BCUT2D eigenvalue weighted by atomic mass is 32.2. The monoisotopic (exact) mass is 671 g/mol. The normalized spacial score (nSPS) is 15.9. The van der Waals surface area contributed by atoms with Crippen LogP contribution in [-0.2, 0) is 19.5 Å². The van der Waals surface area contributed by atoms with Crippen molar-refractivity contribution in [3.05, 3.63) is 42.0 Å². The Kier molecular flexibility index (Phi) is 9.26. The van der Waals surface area contributed by atoms with Gasteiger partial charge in [0.1, 0.15) is 28.9 Å². The third kappa shape index (κ3) is 7.30. The van der Waals surface area contributed by atoms with E-state index >= 15 is 4.39 Å². The van der Waals surface area contributed by atoms with Gasteiger partial charge in [-0.05, 0) is 19.1 Å². The van der Waals surface area contributed by atoms with Crippen LogP contribution in [0.3, 0.4) is 0 Å². The van der Waals surface area contributed by atoms with Gasteiger partial charge in [0.15, 0.2) is 5.69 Å². The Hall–Kier alpha value is -4.77. The lowest BCUT2D eigenvalue weighted by Crippen LogP contribution is -2.38. The van der Waals surface area contributed by atoms with Crippen molar-refractivity contribution in [2.75, 3.05) is 73.9 Å². The number of ether oxygens (including phenoxy) is 4. The molecule has 5 heterocycles. The first-order valence-corrected chi connectivity index (χ1v) is 16.9. The van der Waals surface area contributed by atoms with Crippen molar-refractivity contribution in [3.63, 3.8) is 0 Å². The molecule has 250 valence electrons. The van der Waals surface area contributed by atoms with E-state index in [9.17, 15) is 13.2 Å². The molecule has 2 aliphatic rings. The minimum absolute atomic E-state index is 0.0648. The lowest BCUT2D eigenvalue weighted by molar-refractivity contribution is 0.0514. The van der Waals surface area contributed by atoms with Crippen molar-refractivity contribution in [3.8, 4) is 22.9 Å². The summed E-state index contributed by atoms with van der Waals surface area (Å²) in [7, 11) is -2.29. The summed E-state index contributed by atoms with van der Waals surface area (Å²) in [6.07, 6.45) is 3.37. The van der Waals surface area contributed by atoms with Crippen molar-refractivity contribution in [1.82, 2.24) is 20.1 Å². The van der Waals surface area contributed by atoms with E-state index in [1.54, 1.807) is 13.0 Å². The third-order valence-electron chi connectivity index (χ3n) is 7.66. The van der Waals surface area contributed by atoms with Crippen molar-refractivity contribution >= 4 is 44.4 Å². The molecule has 2 fully saturated rings. The fourth-order valence-corrected chi connectivity index (χ4v) is 6.02. The smallest absolute Gasteiger partial charge is 0.360 e. The Morgan fingerprint density at radius 2 is 1.85 bits per heavy atom. The number of aromatic nitrogens is 4. The summed E-state index contributed by atoms with van der Waals surface area (Å²) >= 11 is 0. The van der Waals surface area contributed by atoms with Crippen LogP contribution in [0.1, 0.15) is 30.3 Å². The second-order valence-electron chi connectivity index (χ2n) is 11.0. The number of methoxy groups -OCH3 is 1. The number of piperidine rings is 1. The molecule has 2 aliphatic heterocycles. The van der Waals surface area contributed by atoms with Crippen LogP contribution in [0.5, 0.6) is 11.6 Å². The predicted molar refractivity (Wildman–Crippen MR) is 169 cm³/mol. The number of hydrogen-bond donors (Lipinski definition) is 1.